The molecule has 1 fully saturated rings. The summed E-state index contributed by atoms with van der Waals surface area (Å²) in [5, 5.41) is 4.93. The molecule has 0 saturated carbocycles. The zero-order valence-electron chi connectivity index (χ0n) is 16.2. The van der Waals surface area contributed by atoms with Crippen molar-refractivity contribution >= 4 is 33.9 Å². The third kappa shape index (κ3) is 3.28. The predicted molar refractivity (Wildman–Crippen MR) is 116 cm³/mol. The summed E-state index contributed by atoms with van der Waals surface area (Å²) in [5.41, 5.74) is 2.82. The minimum atomic E-state index is -0.406. The van der Waals surface area contributed by atoms with E-state index in [9.17, 15) is 4.79 Å². The number of anilines is 1. The summed E-state index contributed by atoms with van der Waals surface area (Å²) in [5.74, 6) is 0. The van der Waals surface area contributed by atoms with E-state index in [4.69, 9.17) is 16.0 Å². The highest BCUT2D eigenvalue weighted by molar-refractivity contribution is 6.33. The Morgan fingerprint density at radius 2 is 1.97 bits per heavy atom. The molecule has 1 aliphatic rings. The van der Waals surface area contributed by atoms with Crippen molar-refractivity contribution in [1.29, 1.82) is 0 Å². The molecule has 1 N–H and O–H groups in total. The SMILES string of the molecule is CC1CN(c2ccc3cc(-c4cn5cccc(Cl)c5n4)c(=O)oc3c2)CC(C)N1. The van der Waals surface area contributed by atoms with Crippen molar-refractivity contribution in [2.24, 2.45) is 0 Å². The van der Waals surface area contributed by atoms with Crippen LogP contribution in [0.1, 0.15) is 13.8 Å². The largest absolute Gasteiger partial charge is 0.422 e. The molecule has 0 aliphatic carbocycles. The number of imidazole rings is 1. The van der Waals surface area contributed by atoms with Crippen LogP contribution in [0.25, 0.3) is 27.9 Å². The molecular formula is C22H21ClN4O2. The number of nitrogens with zero attached hydrogens (tertiary/aromatic N) is 3. The first kappa shape index (κ1) is 18.2. The van der Waals surface area contributed by atoms with Gasteiger partial charge in [-0.3, -0.25) is 0 Å². The smallest absolute Gasteiger partial charge is 0.345 e. The number of hydrogen-bond acceptors (Lipinski definition) is 5. The first-order valence-electron chi connectivity index (χ1n) is 9.70. The lowest BCUT2D eigenvalue weighted by Crippen LogP contribution is -2.54. The Labute approximate surface area is 172 Å². The molecule has 0 amide bonds. The van der Waals surface area contributed by atoms with Crippen LogP contribution in [-0.2, 0) is 0 Å². The number of pyridine rings is 1. The first-order chi connectivity index (χ1) is 14.0. The summed E-state index contributed by atoms with van der Waals surface area (Å²) >= 11 is 6.21. The number of halogens is 1. The Morgan fingerprint density at radius 3 is 2.72 bits per heavy atom. The number of hydrogen-bond donors (Lipinski definition) is 1. The van der Waals surface area contributed by atoms with Gasteiger partial charge in [0, 0.05) is 54.7 Å². The second-order valence-electron chi connectivity index (χ2n) is 7.76. The Kier molecular flexibility index (Phi) is 4.33. The number of fused-ring (bicyclic) bond motifs is 2. The van der Waals surface area contributed by atoms with Crippen molar-refractivity contribution in [3.63, 3.8) is 0 Å². The normalized spacial score (nSPS) is 19.9. The maximum absolute atomic E-state index is 12.7. The van der Waals surface area contributed by atoms with Crippen LogP contribution < -0.4 is 15.8 Å². The highest BCUT2D eigenvalue weighted by atomic mass is 35.5. The van der Waals surface area contributed by atoms with Gasteiger partial charge in [0.25, 0.3) is 0 Å². The van der Waals surface area contributed by atoms with E-state index in [0.717, 1.165) is 24.2 Å². The predicted octanol–water partition coefficient (Wildman–Crippen LogP) is 3.95. The molecule has 0 bridgehead atoms. The van der Waals surface area contributed by atoms with Gasteiger partial charge in [-0.1, -0.05) is 11.6 Å². The molecule has 0 spiro atoms. The van der Waals surface area contributed by atoms with Crippen LogP contribution in [0, 0.1) is 0 Å². The summed E-state index contributed by atoms with van der Waals surface area (Å²) in [4.78, 5) is 19.6. The topological polar surface area (TPSA) is 62.8 Å². The molecule has 1 saturated heterocycles. The molecule has 4 heterocycles. The second kappa shape index (κ2) is 6.90. The molecule has 6 nitrogen and oxygen atoms in total. The van der Waals surface area contributed by atoms with Crippen LogP contribution >= 0.6 is 11.6 Å². The van der Waals surface area contributed by atoms with Gasteiger partial charge in [0.1, 0.15) is 5.58 Å². The third-order valence-corrected chi connectivity index (χ3v) is 5.65. The quantitative estimate of drug-likeness (QED) is 0.509. The summed E-state index contributed by atoms with van der Waals surface area (Å²) in [6.07, 6.45) is 3.64. The Bertz CT molecular complexity index is 1270. The molecule has 1 aliphatic heterocycles. The maximum atomic E-state index is 12.7. The van der Waals surface area contributed by atoms with Gasteiger partial charge in [-0.25, -0.2) is 9.78 Å². The molecule has 3 aromatic heterocycles. The third-order valence-electron chi connectivity index (χ3n) is 5.35. The maximum Gasteiger partial charge on any atom is 0.345 e. The van der Waals surface area contributed by atoms with Crippen LogP contribution in [0.15, 0.2) is 58.0 Å². The van der Waals surface area contributed by atoms with Crippen LogP contribution in [-0.4, -0.2) is 34.6 Å². The van der Waals surface area contributed by atoms with Gasteiger partial charge in [-0.15, -0.1) is 0 Å². The number of benzene rings is 1. The molecule has 2 unspecified atom stereocenters. The fraction of sp³-hybridized carbons (Fsp3) is 0.273. The minimum absolute atomic E-state index is 0.406. The number of nitrogens with one attached hydrogen (secondary N) is 1. The average molecular weight is 409 g/mol. The van der Waals surface area contributed by atoms with Gasteiger partial charge in [0.15, 0.2) is 5.65 Å². The Morgan fingerprint density at radius 1 is 1.17 bits per heavy atom. The van der Waals surface area contributed by atoms with Crippen molar-refractivity contribution in [3.8, 4) is 11.3 Å². The van der Waals surface area contributed by atoms with E-state index in [1.165, 1.54) is 0 Å². The number of piperazine rings is 1. The molecule has 0 radical (unpaired) electrons. The zero-order chi connectivity index (χ0) is 20.1. The van der Waals surface area contributed by atoms with Crippen LogP contribution in [0.2, 0.25) is 5.02 Å². The molecule has 7 heteroatoms. The molecule has 1 aromatic carbocycles. The van der Waals surface area contributed by atoms with E-state index in [2.05, 4.69) is 35.1 Å². The fourth-order valence-electron chi connectivity index (χ4n) is 4.12. The van der Waals surface area contributed by atoms with E-state index in [-0.39, 0.29) is 0 Å². The first-order valence-corrected chi connectivity index (χ1v) is 10.1. The monoisotopic (exact) mass is 408 g/mol. The summed E-state index contributed by atoms with van der Waals surface area (Å²) < 4.78 is 7.48. The standard InChI is InChI=1S/C22H21ClN4O2/c1-13-10-27(11-14(2)24-13)16-6-5-15-8-17(22(28)29-20(15)9-16)19-12-26-7-3-4-18(23)21(26)25-19/h3-9,12-14,24H,10-11H2,1-2H3. The zero-order valence-corrected chi connectivity index (χ0v) is 17.0. The Balaban J connectivity index is 1.56. The van der Waals surface area contributed by atoms with Crippen molar-refractivity contribution in [2.75, 3.05) is 18.0 Å². The second-order valence-corrected chi connectivity index (χ2v) is 8.16. The highest BCUT2D eigenvalue weighted by Crippen LogP contribution is 2.27. The minimum Gasteiger partial charge on any atom is -0.422 e. The average Bonchev–Trinajstić information content (AvgIpc) is 3.11. The lowest BCUT2D eigenvalue weighted by molar-refractivity contribution is 0.407. The molecule has 5 rings (SSSR count). The van der Waals surface area contributed by atoms with Gasteiger partial charge in [0.05, 0.1) is 16.3 Å². The molecule has 2 atom stereocenters. The van der Waals surface area contributed by atoms with Gasteiger partial charge in [0.2, 0.25) is 0 Å². The van der Waals surface area contributed by atoms with Crippen molar-refractivity contribution in [2.45, 2.75) is 25.9 Å². The van der Waals surface area contributed by atoms with Crippen LogP contribution in [0.4, 0.5) is 5.69 Å². The van der Waals surface area contributed by atoms with E-state index in [0.29, 0.717) is 39.6 Å². The van der Waals surface area contributed by atoms with Gasteiger partial charge < -0.3 is 19.0 Å². The van der Waals surface area contributed by atoms with Crippen LogP contribution in [0.5, 0.6) is 0 Å². The molecular weight excluding hydrogens is 388 g/mol. The van der Waals surface area contributed by atoms with Crippen molar-refractivity contribution < 1.29 is 4.42 Å². The highest BCUT2D eigenvalue weighted by Gasteiger charge is 2.22. The molecule has 4 aromatic rings. The number of rotatable bonds is 2. The van der Waals surface area contributed by atoms with E-state index < -0.39 is 5.63 Å². The van der Waals surface area contributed by atoms with E-state index in [1.807, 2.05) is 30.5 Å². The van der Waals surface area contributed by atoms with Gasteiger partial charge in [-0.05, 0) is 44.2 Å². The lowest BCUT2D eigenvalue weighted by Gasteiger charge is -2.37. The summed E-state index contributed by atoms with van der Waals surface area (Å²) in [7, 11) is 0. The van der Waals surface area contributed by atoms with Gasteiger partial charge in [-0.2, -0.15) is 0 Å². The van der Waals surface area contributed by atoms with E-state index >= 15 is 0 Å². The van der Waals surface area contributed by atoms with Crippen molar-refractivity contribution in [1.82, 2.24) is 14.7 Å². The lowest BCUT2D eigenvalue weighted by atomic mass is 10.1. The molecule has 29 heavy (non-hydrogen) atoms. The molecule has 148 valence electrons. The van der Waals surface area contributed by atoms with E-state index in [1.54, 1.807) is 16.7 Å². The van der Waals surface area contributed by atoms with Crippen molar-refractivity contribution in [3.05, 3.63) is 64.2 Å². The number of aromatic nitrogens is 2. The Hall–Kier alpha value is -2.83. The summed E-state index contributed by atoms with van der Waals surface area (Å²) in [6.45, 7) is 6.19. The fourth-order valence-corrected chi connectivity index (χ4v) is 4.33. The van der Waals surface area contributed by atoms with Gasteiger partial charge >= 0.3 is 5.63 Å². The summed E-state index contributed by atoms with van der Waals surface area (Å²) in [6, 6.07) is 12.3. The van der Waals surface area contributed by atoms with Crippen LogP contribution in [0.3, 0.4) is 0 Å².